The fourth-order valence-corrected chi connectivity index (χ4v) is 2.29. The molecule has 0 aliphatic heterocycles. The number of rotatable bonds is 4. The molecule has 0 aliphatic carbocycles. The van der Waals surface area contributed by atoms with Crippen molar-refractivity contribution >= 4 is 0 Å². The predicted molar refractivity (Wildman–Crippen MR) is 82.6 cm³/mol. The second-order valence-corrected chi connectivity index (χ2v) is 5.48. The summed E-state index contributed by atoms with van der Waals surface area (Å²) in [5.74, 6) is 0.430. The summed E-state index contributed by atoms with van der Waals surface area (Å²) in [7, 11) is 0. The molecule has 0 spiro atoms. The zero-order valence-corrected chi connectivity index (χ0v) is 12.1. The number of hydrogen-bond acceptors (Lipinski definition) is 1. The van der Waals surface area contributed by atoms with Gasteiger partial charge in [0.15, 0.2) is 0 Å². The molecule has 0 amide bonds. The van der Waals surface area contributed by atoms with E-state index in [1.165, 1.54) is 27.8 Å². The Morgan fingerprint density at radius 1 is 0.947 bits per heavy atom. The first-order chi connectivity index (χ1) is 9.10. The Morgan fingerprint density at radius 3 is 2.37 bits per heavy atom. The van der Waals surface area contributed by atoms with Gasteiger partial charge in [-0.15, -0.1) is 0 Å². The Hall–Kier alpha value is -1.60. The summed E-state index contributed by atoms with van der Waals surface area (Å²) in [5, 5.41) is 0. The van der Waals surface area contributed by atoms with Crippen LogP contribution in [0.2, 0.25) is 0 Å². The van der Waals surface area contributed by atoms with Crippen molar-refractivity contribution in [3.05, 3.63) is 70.3 Å². The average molecular weight is 253 g/mol. The zero-order valence-electron chi connectivity index (χ0n) is 12.1. The molecule has 0 saturated carbocycles. The molecule has 1 atom stereocenters. The lowest BCUT2D eigenvalue weighted by atomic mass is 9.95. The zero-order chi connectivity index (χ0) is 13.8. The molecule has 1 nitrogen and oxygen atoms in total. The number of nitrogens with two attached hydrogens (primary N) is 1. The third-order valence-electron chi connectivity index (χ3n) is 3.85. The van der Waals surface area contributed by atoms with Gasteiger partial charge in [-0.2, -0.15) is 0 Å². The Kier molecular flexibility index (Phi) is 4.39. The van der Waals surface area contributed by atoms with Gasteiger partial charge in [0.05, 0.1) is 0 Å². The normalized spacial score (nSPS) is 12.4. The van der Waals surface area contributed by atoms with E-state index in [-0.39, 0.29) is 0 Å². The maximum absolute atomic E-state index is 5.74. The largest absolute Gasteiger partial charge is 0.330 e. The van der Waals surface area contributed by atoms with Crippen molar-refractivity contribution in [3.63, 3.8) is 0 Å². The van der Waals surface area contributed by atoms with E-state index in [0.29, 0.717) is 12.5 Å². The molecule has 2 aromatic carbocycles. The number of hydrogen-bond donors (Lipinski definition) is 1. The molecular weight excluding hydrogens is 230 g/mol. The molecule has 0 aliphatic rings. The fourth-order valence-electron chi connectivity index (χ4n) is 2.29. The molecule has 2 rings (SSSR count). The summed E-state index contributed by atoms with van der Waals surface area (Å²) in [6, 6.07) is 15.5. The van der Waals surface area contributed by atoms with Crippen LogP contribution in [0.3, 0.4) is 0 Å². The first kappa shape index (κ1) is 13.8. The molecule has 19 heavy (non-hydrogen) atoms. The van der Waals surface area contributed by atoms with E-state index in [4.69, 9.17) is 5.73 Å². The van der Waals surface area contributed by atoms with E-state index in [9.17, 15) is 0 Å². The topological polar surface area (TPSA) is 26.0 Å². The third-order valence-corrected chi connectivity index (χ3v) is 3.85. The van der Waals surface area contributed by atoms with Crippen LogP contribution >= 0.6 is 0 Å². The van der Waals surface area contributed by atoms with Crippen molar-refractivity contribution in [2.45, 2.75) is 33.1 Å². The minimum absolute atomic E-state index is 0.430. The fraction of sp³-hybridized carbons (Fsp3) is 0.333. The summed E-state index contributed by atoms with van der Waals surface area (Å²) in [6.07, 6.45) is 0.992. The molecule has 0 radical (unpaired) electrons. The highest BCUT2D eigenvalue weighted by Crippen LogP contribution is 2.19. The predicted octanol–water partition coefficient (Wildman–Crippen LogP) is 3.96. The quantitative estimate of drug-likeness (QED) is 0.877. The monoisotopic (exact) mass is 253 g/mol. The molecule has 0 aromatic heterocycles. The minimum atomic E-state index is 0.430. The standard InChI is InChI=1S/C18H23N/c1-13-7-8-17(9-14(13)2)10-16-5-4-6-18(11-16)15(3)12-19/h4-9,11,15H,10,12,19H2,1-3H3. The van der Waals surface area contributed by atoms with Crippen molar-refractivity contribution in [1.82, 2.24) is 0 Å². The van der Waals surface area contributed by atoms with E-state index in [1.807, 2.05) is 0 Å². The van der Waals surface area contributed by atoms with Crippen LogP contribution in [0.5, 0.6) is 0 Å². The van der Waals surface area contributed by atoms with Gasteiger partial charge in [0.25, 0.3) is 0 Å². The van der Waals surface area contributed by atoms with Crippen molar-refractivity contribution < 1.29 is 0 Å². The van der Waals surface area contributed by atoms with Crippen LogP contribution in [0.25, 0.3) is 0 Å². The van der Waals surface area contributed by atoms with E-state index < -0.39 is 0 Å². The summed E-state index contributed by atoms with van der Waals surface area (Å²) < 4.78 is 0. The minimum Gasteiger partial charge on any atom is -0.330 e. The van der Waals surface area contributed by atoms with E-state index in [0.717, 1.165) is 6.42 Å². The van der Waals surface area contributed by atoms with Gasteiger partial charge in [0.1, 0.15) is 0 Å². The third kappa shape index (κ3) is 3.45. The van der Waals surface area contributed by atoms with Gasteiger partial charge in [0.2, 0.25) is 0 Å². The van der Waals surface area contributed by atoms with Gasteiger partial charge in [-0.25, -0.2) is 0 Å². The molecule has 0 heterocycles. The van der Waals surface area contributed by atoms with Crippen molar-refractivity contribution in [2.24, 2.45) is 5.73 Å². The second-order valence-electron chi connectivity index (χ2n) is 5.48. The molecule has 100 valence electrons. The summed E-state index contributed by atoms with van der Waals surface area (Å²) in [5.41, 5.74) is 12.5. The van der Waals surface area contributed by atoms with Crippen molar-refractivity contribution in [3.8, 4) is 0 Å². The second kappa shape index (κ2) is 6.03. The van der Waals surface area contributed by atoms with Gasteiger partial charge in [-0.1, -0.05) is 49.4 Å². The van der Waals surface area contributed by atoms with Crippen LogP contribution in [0.1, 0.15) is 40.7 Å². The molecule has 0 saturated heterocycles. The van der Waals surface area contributed by atoms with Crippen molar-refractivity contribution in [1.29, 1.82) is 0 Å². The van der Waals surface area contributed by atoms with Gasteiger partial charge < -0.3 is 5.73 Å². The molecule has 2 N–H and O–H groups in total. The SMILES string of the molecule is Cc1ccc(Cc2cccc(C(C)CN)c2)cc1C. The molecule has 1 heteroatoms. The lowest BCUT2D eigenvalue weighted by Gasteiger charge is -2.11. The Morgan fingerprint density at radius 2 is 1.68 bits per heavy atom. The van der Waals surface area contributed by atoms with Gasteiger partial charge in [0, 0.05) is 0 Å². The van der Waals surface area contributed by atoms with Gasteiger partial charge in [-0.05, 0) is 60.5 Å². The average Bonchev–Trinajstić information content (AvgIpc) is 2.42. The van der Waals surface area contributed by atoms with E-state index in [2.05, 4.69) is 63.2 Å². The maximum Gasteiger partial charge on any atom is -0.00109 e. The highest BCUT2D eigenvalue weighted by molar-refractivity contribution is 5.35. The van der Waals surface area contributed by atoms with Crippen molar-refractivity contribution in [2.75, 3.05) is 6.54 Å². The molecule has 1 unspecified atom stereocenters. The first-order valence-corrected chi connectivity index (χ1v) is 6.95. The van der Waals surface area contributed by atoms with Gasteiger partial charge in [-0.3, -0.25) is 0 Å². The Labute approximate surface area is 116 Å². The lowest BCUT2D eigenvalue weighted by molar-refractivity contribution is 0.772. The number of aryl methyl sites for hydroxylation is 2. The van der Waals surface area contributed by atoms with Crippen LogP contribution in [0, 0.1) is 13.8 Å². The summed E-state index contributed by atoms with van der Waals surface area (Å²) in [6.45, 7) is 7.21. The molecular formula is C18H23N. The van der Waals surface area contributed by atoms with E-state index in [1.54, 1.807) is 0 Å². The highest BCUT2D eigenvalue weighted by atomic mass is 14.5. The summed E-state index contributed by atoms with van der Waals surface area (Å²) >= 11 is 0. The van der Waals surface area contributed by atoms with E-state index >= 15 is 0 Å². The number of benzene rings is 2. The Bertz CT molecular complexity index is 557. The Balaban J connectivity index is 2.20. The molecule has 2 aromatic rings. The van der Waals surface area contributed by atoms with Gasteiger partial charge >= 0.3 is 0 Å². The lowest BCUT2D eigenvalue weighted by Crippen LogP contribution is -2.09. The van der Waals surface area contributed by atoms with Crippen LogP contribution in [0.15, 0.2) is 42.5 Å². The molecule has 0 bridgehead atoms. The maximum atomic E-state index is 5.74. The first-order valence-electron chi connectivity index (χ1n) is 6.95. The summed E-state index contributed by atoms with van der Waals surface area (Å²) in [4.78, 5) is 0. The molecule has 0 fully saturated rings. The highest BCUT2D eigenvalue weighted by Gasteiger charge is 2.04. The van der Waals surface area contributed by atoms with Crippen LogP contribution in [0.4, 0.5) is 0 Å². The van der Waals surface area contributed by atoms with Crippen LogP contribution < -0.4 is 5.73 Å². The smallest absolute Gasteiger partial charge is 0.00109 e. The van der Waals surface area contributed by atoms with Crippen LogP contribution in [-0.4, -0.2) is 6.54 Å². The van der Waals surface area contributed by atoms with Crippen LogP contribution in [-0.2, 0) is 6.42 Å².